The third-order valence-corrected chi connectivity index (χ3v) is 4.11. The number of hydrogen-bond donors (Lipinski definition) is 2. The molecule has 0 amide bonds. The molecule has 0 radical (unpaired) electrons. The Hall–Kier alpha value is -0.520. The molecule has 1 aromatic heterocycles. The van der Waals surface area contributed by atoms with Crippen LogP contribution in [0, 0.1) is 9.49 Å². The van der Waals surface area contributed by atoms with Gasteiger partial charge in [-0.05, 0) is 54.2 Å². The van der Waals surface area contributed by atoms with Crippen molar-refractivity contribution in [3.05, 3.63) is 15.8 Å². The fraction of sp³-hybridized carbons (Fsp3) is 0.583. The fourth-order valence-corrected chi connectivity index (χ4v) is 2.64. The van der Waals surface area contributed by atoms with E-state index in [1.165, 1.54) is 25.7 Å². The number of nitrogen functional groups attached to an aromatic ring is 1. The van der Waals surface area contributed by atoms with Crippen molar-refractivity contribution in [3.63, 3.8) is 0 Å². The number of rotatable bonds is 2. The number of nitrogens with two attached hydrogens (primary N) is 1. The topological polar surface area (TPSA) is 50.9 Å². The molecule has 4 heteroatoms. The van der Waals surface area contributed by atoms with E-state index in [1.54, 1.807) is 0 Å². The fourth-order valence-electron chi connectivity index (χ4n) is 2.19. The van der Waals surface area contributed by atoms with Crippen molar-refractivity contribution in [2.24, 2.45) is 5.92 Å². The molecule has 1 heterocycles. The highest BCUT2D eigenvalue weighted by Gasteiger charge is 2.18. The third-order valence-electron chi connectivity index (χ3n) is 3.25. The molecular weight excluding hydrogens is 313 g/mol. The van der Waals surface area contributed by atoms with Crippen molar-refractivity contribution in [1.82, 2.24) is 4.98 Å². The van der Waals surface area contributed by atoms with Gasteiger partial charge in [-0.15, -0.1) is 0 Å². The molecule has 1 aromatic rings. The SMILES string of the molecule is C[C@H]1CC[C@H](Nc2cc(N)ncc2I)CC1. The number of nitrogens with one attached hydrogen (secondary N) is 1. The van der Waals surface area contributed by atoms with Crippen molar-refractivity contribution >= 4 is 34.1 Å². The van der Waals surface area contributed by atoms with Gasteiger partial charge in [0.1, 0.15) is 5.82 Å². The quantitative estimate of drug-likeness (QED) is 0.818. The first-order valence-electron chi connectivity index (χ1n) is 5.82. The molecular formula is C12H18IN3. The molecule has 2 rings (SSSR count). The van der Waals surface area contributed by atoms with Crippen molar-refractivity contribution in [3.8, 4) is 0 Å². The summed E-state index contributed by atoms with van der Waals surface area (Å²) < 4.78 is 1.14. The van der Waals surface area contributed by atoms with Crippen LogP contribution in [0.25, 0.3) is 0 Å². The van der Waals surface area contributed by atoms with Gasteiger partial charge in [0, 0.05) is 18.3 Å². The summed E-state index contributed by atoms with van der Waals surface area (Å²) in [6, 6.07) is 2.53. The normalized spacial score (nSPS) is 25.4. The van der Waals surface area contributed by atoms with Crippen LogP contribution in [0.2, 0.25) is 0 Å². The zero-order chi connectivity index (χ0) is 11.5. The maximum Gasteiger partial charge on any atom is 0.125 e. The molecule has 0 saturated heterocycles. The van der Waals surface area contributed by atoms with Gasteiger partial charge in [-0.2, -0.15) is 0 Å². The second-order valence-corrected chi connectivity index (χ2v) is 5.85. The first-order valence-corrected chi connectivity index (χ1v) is 6.90. The van der Waals surface area contributed by atoms with Crippen LogP contribution in [-0.2, 0) is 0 Å². The minimum Gasteiger partial charge on any atom is -0.384 e. The van der Waals surface area contributed by atoms with E-state index >= 15 is 0 Å². The summed E-state index contributed by atoms with van der Waals surface area (Å²) in [6.45, 7) is 2.34. The van der Waals surface area contributed by atoms with Gasteiger partial charge in [-0.3, -0.25) is 0 Å². The Morgan fingerprint density at radius 2 is 2.06 bits per heavy atom. The van der Waals surface area contributed by atoms with Crippen LogP contribution in [0.4, 0.5) is 11.5 Å². The zero-order valence-corrected chi connectivity index (χ0v) is 11.7. The van der Waals surface area contributed by atoms with Crippen LogP contribution in [0.3, 0.4) is 0 Å². The summed E-state index contributed by atoms with van der Waals surface area (Å²) in [6.07, 6.45) is 7.01. The maximum absolute atomic E-state index is 5.70. The number of pyridine rings is 1. The molecule has 1 saturated carbocycles. The zero-order valence-electron chi connectivity index (χ0n) is 9.54. The molecule has 88 valence electrons. The van der Waals surface area contributed by atoms with Gasteiger partial charge in [0.2, 0.25) is 0 Å². The van der Waals surface area contributed by atoms with Gasteiger partial charge >= 0.3 is 0 Å². The largest absolute Gasteiger partial charge is 0.384 e. The molecule has 1 aliphatic rings. The number of aromatic nitrogens is 1. The van der Waals surface area contributed by atoms with Gasteiger partial charge in [0.15, 0.2) is 0 Å². The standard InChI is InChI=1S/C12H18IN3/c1-8-2-4-9(5-3-8)16-11-6-12(14)15-7-10(11)13/h6-9H,2-5H2,1H3,(H3,14,15,16)/t8-,9-. The molecule has 0 atom stereocenters. The minimum atomic E-state index is 0.590. The minimum absolute atomic E-state index is 0.590. The van der Waals surface area contributed by atoms with Gasteiger partial charge in [0.25, 0.3) is 0 Å². The lowest BCUT2D eigenvalue weighted by Gasteiger charge is -2.28. The predicted octanol–water partition coefficient (Wildman–Crippen LogP) is 3.26. The highest BCUT2D eigenvalue weighted by atomic mass is 127. The third kappa shape index (κ3) is 2.99. The van der Waals surface area contributed by atoms with Crippen LogP contribution in [0.5, 0.6) is 0 Å². The van der Waals surface area contributed by atoms with E-state index in [1.807, 2.05) is 12.3 Å². The summed E-state index contributed by atoms with van der Waals surface area (Å²) in [7, 11) is 0. The lowest BCUT2D eigenvalue weighted by molar-refractivity contribution is 0.361. The Balaban J connectivity index is 2.00. The smallest absolute Gasteiger partial charge is 0.125 e. The molecule has 0 unspecified atom stereocenters. The van der Waals surface area contributed by atoms with Crippen LogP contribution in [0.1, 0.15) is 32.6 Å². The molecule has 1 aliphatic carbocycles. The molecule has 3 N–H and O–H groups in total. The van der Waals surface area contributed by atoms with E-state index < -0.39 is 0 Å². The highest BCUT2D eigenvalue weighted by molar-refractivity contribution is 14.1. The second kappa shape index (κ2) is 5.21. The monoisotopic (exact) mass is 331 g/mol. The number of halogens is 1. The number of anilines is 2. The Morgan fingerprint density at radius 1 is 1.38 bits per heavy atom. The van der Waals surface area contributed by atoms with Gasteiger partial charge in [-0.25, -0.2) is 4.98 Å². The molecule has 1 fully saturated rings. The number of hydrogen-bond acceptors (Lipinski definition) is 3. The van der Waals surface area contributed by atoms with E-state index in [9.17, 15) is 0 Å². The summed E-state index contributed by atoms with van der Waals surface area (Å²) in [5.41, 5.74) is 6.83. The molecule has 0 spiro atoms. The number of nitrogens with zero attached hydrogens (tertiary/aromatic N) is 1. The first-order chi connectivity index (χ1) is 7.65. The van der Waals surface area contributed by atoms with Crippen molar-refractivity contribution in [2.75, 3.05) is 11.1 Å². The van der Waals surface area contributed by atoms with Crippen LogP contribution in [0.15, 0.2) is 12.3 Å². The van der Waals surface area contributed by atoms with E-state index in [0.717, 1.165) is 15.2 Å². The summed E-state index contributed by atoms with van der Waals surface area (Å²) in [5, 5.41) is 3.58. The van der Waals surface area contributed by atoms with Crippen molar-refractivity contribution < 1.29 is 0 Å². The van der Waals surface area contributed by atoms with Crippen LogP contribution in [-0.4, -0.2) is 11.0 Å². The average molecular weight is 331 g/mol. The summed E-state index contributed by atoms with van der Waals surface area (Å²) in [4.78, 5) is 4.07. The Kier molecular flexibility index (Phi) is 3.89. The Labute approximate surface area is 110 Å². The Bertz CT molecular complexity index is 359. The average Bonchev–Trinajstić information content (AvgIpc) is 2.27. The lowest BCUT2D eigenvalue weighted by atomic mass is 9.87. The molecule has 16 heavy (non-hydrogen) atoms. The van der Waals surface area contributed by atoms with Gasteiger partial charge in [0.05, 0.1) is 9.26 Å². The molecule has 3 nitrogen and oxygen atoms in total. The van der Waals surface area contributed by atoms with Gasteiger partial charge in [-0.1, -0.05) is 6.92 Å². The van der Waals surface area contributed by atoms with Crippen molar-refractivity contribution in [1.29, 1.82) is 0 Å². The maximum atomic E-state index is 5.70. The van der Waals surface area contributed by atoms with E-state index in [4.69, 9.17) is 5.73 Å². The summed E-state index contributed by atoms with van der Waals surface area (Å²) in [5.74, 6) is 1.48. The van der Waals surface area contributed by atoms with Gasteiger partial charge < -0.3 is 11.1 Å². The lowest BCUT2D eigenvalue weighted by Crippen LogP contribution is -2.25. The molecule has 0 bridgehead atoms. The van der Waals surface area contributed by atoms with Crippen LogP contribution >= 0.6 is 22.6 Å². The predicted molar refractivity (Wildman–Crippen MR) is 76.4 cm³/mol. The first kappa shape index (κ1) is 12.0. The Morgan fingerprint density at radius 3 is 2.75 bits per heavy atom. The van der Waals surface area contributed by atoms with E-state index in [-0.39, 0.29) is 0 Å². The second-order valence-electron chi connectivity index (χ2n) is 4.69. The highest BCUT2D eigenvalue weighted by Crippen LogP contribution is 2.28. The van der Waals surface area contributed by atoms with E-state index in [2.05, 4.69) is 39.8 Å². The summed E-state index contributed by atoms with van der Waals surface area (Å²) >= 11 is 2.30. The molecule has 0 aliphatic heterocycles. The van der Waals surface area contributed by atoms with Crippen LogP contribution < -0.4 is 11.1 Å². The molecule has 0 aromatic carbocycles. The van der Waals surface area contributed by atoms with E-state index in [0.29, 0.717) is 11.9 Å². The van der Waals surface area contributed by atoms with Crippen molar-refractivity contribution in [2.45, 2.75) is 38.6 Å².